The molecule has 7 nitrogen and oxygen atoms in total. The molecule has 4 aromatic rings. The summed E-state index contributed by atoms with van der Waals surface area (Å²) in [6.45, 7) is 2.21. The molecule has 0 aliphatic heterocycles. The number of carbonyl (C=O) groups is 1. The number of hydrogen-bond donors (Lipinski definition) is 1. The van der Waals surface area contributed by atoms with Crippen LogP contribution in [0.4, 0.5) is 0 Å². The van der Waals surface area contributed by atoms with Crippen LogP contribution in [-0.4, -0.2) is 42.3 Å². The van der Waals surface area contributed by atoms with Crippen molar-refractivity contribution in [2.45, 2.75) is 45.1 Å². The molecule has 39 heavy (non-hydrogen) atoms. The molecule has 0 saturated heterocycles. The lowest BCUT2D eigenvalue weighted by atomic mass is 10.2. The Balaban J connectivity index is 1.16. The van der Waals surface area contributed by atoms with Crippen LogP contribution < -0.4 is 19.5 Å². The van der Waals surface area contributed by atoms with Gasteiger partial charge in [-0.3, -0.25) is 4.79 Å². The van der Waals surface area contributed by atoms with E-state index in [0.717, 1.165) is 67.9 Å². The zero-order valence-electron chi connectivity index (χ0n) is 22.4. The van der Waals surface area contributed by atoms with Crippen molar-refractivity contribution in [3.8, 4) is 17.2 Å². The highest BCUT2D eigenvalue weighted by molar-refractivity contribution is 6.30. The average molecular weight is 550 g/mol. The van der Waals surface area contributed by atoms with Crippen LogP contribution in [0.3, 0.4) is 0 Å². The van der Waals surface area contributed by atoms with Gasteiger partial charge in [0.25, 0.3) is 5.91 Å². The predicted molar refractivity (Wildman–Crippen MR) is 155 cm³/mol. The smallest absolute Gasteiger partial charge is 0.257 e. The summed E-state index contributed by atoms with van der Waals surface area (Å²) in [5, 5.41) is 3.56. The van der Waals surface area contributed by atoms with E-state index in [-0.39, 0.29) is 12.5 Å². The van der Waals surface area contributed by atoms with Crippen LogP contribution in [-0.2, 0) is 17.8 Å². The second kappa shape index (κ2) is 15.0. The number of hydrogen-bond acceptors (Lipinski definition) is 5. The first-order valence-corrected chi connectivity index (χ1v) is 13.9. The number of imidazole rings is 1. The first kappa shape index (κ1) is 28.3. The number of methoxy groups -OCH3 is 1. The first-order chi connectivity index (χ1) is 19.1. The highest BCUT2D eigenvalue weighted by atomic mass is 35.5. The van der Waals surface area contributed by atoms with Crippen LogP contribution in [0.2, 0.25) is 5.02 Å². The van der Waals surface area contributed by atoms with Crippen LogP contribution >= 0.6 is 11.6 Å². The number of unbranched alkanes of at least 4 members (excludes halogenated alkanes) is 3. The standard InChI is InChI=1S/C31H36ClN3O4/c1-37-25-16-18-26(19-17-25)38-22-8-7-21-35-29-10-5-4-9-28(29)34-30(35)11-3-2-6-20-33-31(36)23-39-27-14-12-24(32)13-15-27/h4-5,9-10,12-19H,2-3,6-8,11,20-23H2,1H3,(H,33,36). The highest BCUT2D eigenvalue weighted by Gasteiger charge is 2.10. The van der Waals surface area contributed by atoms with Crippen LogP contribution in [0.25, 0.3) is 11.0 Å². The lowest BCUT2D eigenvalue weighted by molar-refractivity contribution is -0.123. The fourth-order valence-corrected chi connectivity index (χ4v) is 4.47. The van der Waals surface area contributed by atoms with Crippen molar-refractivity contribution < 1.29 is 19.0 Å². The van der Waals surface area contributed by atoms with Crippen molar-refractivity contribution in [3.05, 3.63) is 83.6 Å². The van der Waals surface area contributed by atoms with Crippen molar-refractivity contribution in [3.63, 3.8) is 0 Å². The highest BCUT2D eigenvalue weighted by Crippen LogP contribution is 2.20. The number of benzene rings is 3. The fourth-order valence-electron chi connectivity index (χ4n) is 4.34. The molecule has 0 radical (unpaired) electrons. The predicted octanol–water partition coefficient (Wildman–Crippen LogP) is 6.47. The van der Waals surface area contributed by atoms with Crippen LogP contribution in [0.5, 0.6) is 17.2 Å². The largest absolute Gasteiger partial charge is 0.497 e. The van der Waals surface area contributed by atoms with Gasteiger partial charge >= 0.3 is 0 Å². The van der Waals surface area contributed by atoms with Crippen LogP contribution in [0.15, 0.2) is 72.8 Å². The lowest BCUT2D eigenvalue weighted by Crippen LogP contribution is -2.29. The number of nitrogens with zero attached hydrogens (tertiary/aromatic N) is 2. The number of rotatable bonds is 16. The van der Waals surface area contributed by atoms with Gasteiger partial charge in [0.2, 0.25) is 0 Å². The molecule has 1 N–H and O–H groups in total. The summed E-state index contributed by atoms with van der Waals surface area (Å²) in [7, 11) is 1.66. The summed E-state index contributed by atoms with van der Waals surface area (Å²) in [5.74, 6) is 3.30. The Hall–Kier alpha value is -3.71. The van der Waals surface area contributed by atoms with Gasteiger partial charge in [0, 0.05) is 24.5 Å². The molecule has 8 heteroatoms. The molecule has 0 fully saturated rings. The third-order valence-corrected chi connectivity index (χ3v) is 6.67. The first-order valence-electron chi connectivity index (χ1n) is 13.5. The summed E-state index contributed by atoms with van der Waals surface area (Å²) in [5.41, 5.74) is 2.21. The number of halogens is 1. The van der Waals surface area contributed by atoms with E-state index < -0.39 is 0 Å². The van der Waals surface area contributed by atoms with Gasteiger partial charge in [0.1, 0.15) is 23.1 Å². The van der Waals surface area contributed by atoms with E-state index in [0.29, 0.717) is 23.9 Å². The molecular weight excluding hydrogens is 514 g/mol. The number of para-hydroxylation sites is 2. The minimum absolute atomic E-state index is 0.00318. The van der Waals surface area contributed by atoms with E-state index >= 15 is 0 Å². The summed E-state index contributed by atoms with van der Waals surface area (Å²) >= 11 is 5.87. The molecule has 0 spiro atoms. The number of carbonyl (C=O) groups excluding carboxylic acids is 1. The molecule has 0 aliphatic rings. The third-order valence-electron chi connectivity index (χ3n) is 6.42. The Morgan fingerprint density at radius 1 is 0.846 bits per heavy atom. The summed E-state index contributed by atoms with van der Waals surface area (Å²) < 4.78 is 18.9. The molecule has 0 unspecified atom stereocenters. The van der Waals surface area contributed by atoms with E-state index in [4.69, 9.17) is 30.8 Å². The van der Waals surface area contributed by atoms with Crippen molar-refractivity contribution in [2.75, 3.05) is 26.9 Å². The molecule has 1 amide bonds. The number of fused-ring (bicyclic) bond motifs is 1. The summed E-state index contributed by atoms with van der Waals surface area (Å²) in [4.78, 5) is 17.0. The minimum atomic E-state index is -0.122. The third kappa shape index (κ3) is 8.93. The van der Waals surface area contributed by atoms with Crippen molar-refractivity contribution in [1.82, 2.24) is 14.9 Å². The van der Waals surface area contributed by atoms with Crippen molar-refractivity contribution >= 4 is 28.5 Å². The minimum Gasteiger partial charge on any atom is -0.497 e. The zero-order chi connectivity index (χ0) is 27.3. The zero-order valence-corrected chi connectivity index (χ0v) is 23.2. The molecular formula is C31H36ClN3O4. The van der Waals surface area contributed by atoms with E-state index in [2.05, 4.69) is 28.1 Å². The molecule has 0 atom stereocenters. The van der Waals surface area contributed by atoms with Gasteiger partial charge in [-0.15, -0.1) is 0 Å². The lowest BCUT2D eigenvalue weighted by Gasteiger charge is -2.11. The summed E-state index contributed by atoms with van der Waals surface area (Å²) in [6, 6.07) is 23.0. The maximum Gasteiger partial charge on any atom is 0.257 e. The maximum absolute atomic E-state index is 12.0. The van der Waals surface area contributed by atoms with Gasteiger partial charge in [0.05, 0.1) is 24.8 Å². The monoisotopic (exact) mass is 549 g/mol. The van der Waals surface area contributed by atoms with Gasteiger partial charge in [-0.1, -0.05) is 30.2 Å². The van der Waals surface area contributed by atoms with E-state index in [1.807, 2.05) is 30.3 Å². The van der Waals surface area contributed by atoms with E-state index in [9.17, 15) is 4.79 Å². The van der Waals surface area contributed by atoms with Gasteiger partial charge in [-0.05, 0) is 86.3 Å². The molecule has 206 valence electrons. The number of amides is 1. The SMILES string of the molecule is COc1ccc(OCCCCn2c(CCCCCNC(=O)COc3ccc(Cl)cc3)nc3ccccc32)cc1. The van der Waals surface area contributed by atoms with Crippen molar-refractivity contribution in [1.29, 1.82) is 0 Å². The Morgan fingerprint density at radius 2 is 1.56 bits per heavy atom. The Kier molecular flexibility index (Phi) is 10.9. The summed E-state index contributed by atoms with van der Waals surface area (Å²) in [6.07, 6.45) is 5.81. The molecule has 1 aromatic heterocycles. The number of aromatic nitrogens is 2. The van der Waals surface area contributed by atoms with E-state index in [1.165, 1.54) is 5.52 Å². The fraction of sp³-hybridized carbons (Fsp3) is 0.355. The normalized spacial score (nSPS) is 10.9. The quantitative estimate of drug-likeness (QED) is 0.162. The second-order valence-electron chi connectivity index (χ2n) is 9.30. The average Bonchev–Trinajstić information content (AvgIpc) is 3.32. The maximum atomic E-state index is 12.0. The molecule has 0 saturated carbocycles. The van der Waals surface area contributed by atoms with Crippen LogP contribution in [0.1, 0.15) is 37.9 Å². The van der Waals surface area contributed by atoms with Crippen LogP contribution in [0, 0.1) is 0 Å². The topological polar surface area (TPSA) is 74.6 Å². The molecule has 4 rings (SSSR count). The molecule has 0 aliphatic carbocycles. The molecule has 3 aromatic carbocycles. The van der Waals surface area contributed by atoms with Gasteiger partial charge in [-0.2, -0.15) is 0 Å². The van der Waals surface area contributed by atoms with Gasteiger partial charge in [-0.25, -0.2) is 4.98 Å². The molecule has 0 bridgehead atoms. The Labute approximate surface area is 235 Å². The van der Waals surface area contributed by atoms with Crippen molar-refractivity contribution in [2.24, 2.45) is 0 Å². The van der Waals surface area contributed by atoms with E-state index in [1.54, 1.807) is 31.4 Å². The number of ether oxygens (including phenoxy) is 3. The number of nitrogens with one attached hydrogen (secondary N) is 1. The number of aryl methyl sites for hydroxylation is 2. The van der Waals surface area contributed by atoms with Gasteiger partial charge in [0.15, 0.2) is 6.61 Å². The Bertz CT molecular complexity index is 1310. The van der Waals surface area contributed by atoms with Gasteiger partial charge < -0.3 is 24.1 Å². The molecule has 1 heterocycles. The Morgan fingerprint density at radius 3 is 2.36 bits per heavy atom. The second-order valence-corrected chi connectivity index (χ2v) is 9.74.